The number of cyclic esters (lactones) is 1. The van der Waals surface area contributed by atoms with Gasteiger partial charge in [0.15, 0.2) is 6.10 Å². The van der Waals surface area contributed by atoms with Crippen LogP contribution in [0.15, 0.2) is 22.8 Å². The zero-order chi connectivity index (χ0) is 14.6. The Balaban J connectivity index is 0.000000200. The molecular weight excluding hydrogens is 260 g/mol. The summed E-state index contributed by atoms with van der Waals surface area (Å²) in [6.45, 7) is 1.44. The summed E-state index contributed by atoms with van der Waals surface area (Å²) in [5.41, 5.74) is 0. The van der Waals surface area contributed by atoms with E-state index in [2.05, 4.69) is 9.15 Å². The van der Waals surface area contributed by atoms with Gasteiger partial charge >= 0.3 is 11.9 Å². The molecule has 0 bridgehead atoms. The van der Waals surface area contributed by atoms with E-state index in [0.717, 1.165) is 0 Å². The number of aliphatic hydroxyl groups excluding tert-OH is 3. The second-order valence-electron chi connectivity index (χ2n) is 3.85. The number of hydrogen-bond donors (Lipinski definition) is 4. The van der Waals surface area contributed by atoms with Crippen molar-refractivity contribution < 1.29 is 39.2 Å². The van der Waals surface area contributed by atoms with Crippen molar-refractivity contribution in [3.63, 3.8) is 0 Å². The Morgan fingerprint density at radius 3 is 2.32 bits per heavy atom. The summed E-state index contributed by atoms with van der Waals surface area (Å²) in [6, 6.07) is 2.92. The second kappa shape index (κ2) is 6.32. The van der Waals surface area contributed by atoms with Crippen molar-refractivity contribution >= 4 is 11.9 Å². The third kappa shape index (κ3) is 3.78. The molecule has 1 fully saturated rings. The normalized spacial score (nSPS) is 30.0. The highest BCUT2D eigenvalue weighted by molar-refractivity contribution is 5.84. The maximum Gasteiger partial charge on any atom is 0.371 e. The number of ether oxygens (including phenoxy) is 1. The summed E-state index contributed by atoms with van der Waals surface area (Å²) in [5.74, 6) is -1.95. The summed E-state index contributed by atoms with van der Waals surface area (Å²) >= 11 is 0. The maximum atomic E-state index is 10.6. The van der Waals surface area contributed by atoms with Crippen LogP contribution in [0.2, 0.25) is 0 Å². The third-order valence-corrected chi connectivity index (χ3v) is 2.43. The van der Waals surface area contributed by atoms with E-state index in [9.17, 15) is 9.59 Å². The summed E-state index contributed by atoms with van der Waals surface area (Å²) in [6.07, 6.45) is -3.71. The zero-order valence-corrected chi connectivity index (χ0v) is 9.96. The summed E-state index contributed by atoms with van der Waals surface area (Å²) in [7, 11) is 0. The average molecular weight is 274 g/mol. The Kier molecular flexibility index (Phi) is 5.04. The molecule has 0 aromatic carbocycles. The molecule has 8 nitrogen and oxygen atoms in total. The monoisotopic (exact) mass is 274 g/mol. The Labute approximate surface area is 107 Å². The van der Waals surface area contributed by atoms with E-state index >= 15 is 0 Å². The Hall–Kier alpha value is -1.90. The van der Waals surface area contributed by atoms with Gasteiger partial charge in [-0.25, -0.2) is 9.59 Å². The van der Waals surface area contributed by atoms with Crippen LogP contribution in [-0.4, -0.2) is 56.8 Å². The highest BCUT2D eigenvalue weighted by Crippen LogP contribution is 2.15. The van der Waals surface area contributed by atoms with Gasteiger partial charge in [0.1, 0.15) is 18.3 Å². The van der Waals surface area contributed by atoms with Crippen LogP contribution in [0.25, 0.3) is 0 Å². The molecule has 1 aliphatic rings. The second-order valence-corrected chi connectivity index (χ2v) is 3.85. The fraction of sp³-hybridized carbons (Fsp3) is 0.455. The highest BCUT2D eigenvalue weighted by Gasteiger charge is 2.41. The largest absolute Gasteiger partial charge is 0.475 e. The molecule has 0 saturated carbocycles. The fourth-order valence-corrected chi connectivity index (χ4v) is 1.33. The number of rotatable bonds is 1. The van der Waals surface area contributed by atoms with Crippen LogP contribution in [-0.2, 0) is 9.53 Å². The van der Waals surface area contributed by atoms with Crippen LogP contribution in [0.1, 0.15) is 17.5 Å². The Morgan fingerprint density at radius 1 is 1.26 bits per heavy atom. The van der Waals surface area contributed by atoms with Crippen LogP contribution in [0.5, 0.6) is 0 Å². The fourth-order valence-electron chi connectivity index (χ4n) is 1.33. The number of carboxylic acid groups (broad SMARTS) is 1. The molecule has 4 N–H and O–H groups in total. The topological polar surface area (TPSA) is 137 Å². The quantitative estimate of drug-likeness (QED) is 0.478. The van der Waals surface area contributed by atoms with Crippen LogP contribution in [0, 0.1) is 0 Å². The molecule has 1 saturated heterocycles. The summed E-state index contributed by atoms with van der Waals surface area (Å²) in [4.78, 5) is 20.6. The first kappa shape index (κ1) is 15.2. The SMILES string of the molecule is C[C@H]1OC(=O)[C@H](O)[C@@H](O)[C@H]1O.O=C(O)c1ccco1. The number of aromatic carboxylic acids is 1. The van der Waals surface area contributed by atoms with Gasteiger partial charge in [-0.05, 0) is 19.1 Å². The molecule has 1 aromatic rings. The lowest BCUT2D eigenvalue weighted by Gasteiger charge is -2.31. The van der Waals surface area contributed by atoms with Gasteiger partial charge in [-0.3, -0.25) is 0 Å². The molecule has 0 amide bonds. The standard InChI is InChI=1S/C6H10O5.C5H4O3/c1-2-3(7)4(8)5(9)6(10)11-2;6-5(7)4-2-1-3-8-4/h2-5,7-9H,1H3;1-3H,(H,6,7)/t2-,3+,4+,5-;/m1./s1. The van der Waals surface area contributed by atoms with Crippen LogP contribution < -0.4 is 0 Å². The molecule has 1 aromatic heterocycles. The number of aliphatic hydroxyl groups is 3. The number of carbonyl (C=O) groups excluding carboxylic acids is 1. The van der Waals surface area contributed by atoms with Gasteiger partial charge in [0.05, 0.1) is 6.26 Å². The maximum absolute atomic E-state index is 10.6. The van der Waals surface area contributed by atoms with E-state index in [1.165, 1.54) is 25.3 Å². The predicted octanol–water partition coefficient (Wildman–Crippen LogP) is -1.01. The number of hydrogen-bond acceptors (Lipinski definition) is 7. The first-order chi connectivity index (χ1) is 8.84. The van der Waals surface area contributed by atoms with Crippen molar-refractivity contribution in [2.75, 3.05) is 0 Å². The smallest absolute Gasteiger partial charge is 0.371 e. The molecule has 2 rings (SSSR count). The molecule has 0 spiro atoms. The molecule has 0 radical (unpaired) electrons. The lowest BCUT2D eigenvalue weighted by Crippen LogP contribution is -2.54. The van der Waals surface area contributed by atoms with E-state index in [4.69, 9.17) is 20.4 Å². The molecule has 0 unspecified atom stereocenters. The molecule has 4 atom stereocenters. The molecule has 106 valence electrons. The minimum Gasteiger partial charge on any atom is -0.475 e. The van der Waals surface area contributed by atoms with E-state index in [0.29, 0.717) is 0 Å². The van der Waals surface area contributed by atoms with E-state index < -0.39 is 36.4 Å². The van der Waals surface area contributed by atoms with Gasteiger partial charge in [0.25, 0.3) is 0 Å². The Morgan fingerprint density at radius 2 is 1.89 bits per heavy atom. The number of esters is 1. The van der Waals surface area contributed by atoms with Gasteiger partial charge in [-0.1, -0.05) is 0 Å². The zero-order valence-electron chi connectivity index (χ0n) is 9.96. The summed E-state index contributed by atoms with van der Waals surface area (Å²) in [5, 5.41) is 35.1. The van der Waals surface area contributed by atoms with Gasteiger partial charge in [0, 0.05) is 0 Å². The first-order valence-corrected chi connectivity index (χ1v) is 5.36. The van der Waals surface area contributed by atoms with Crippen molar-refractivity contribution in [1.82, 2.24) is 0 Å². The van der Waals surface area contributed by atoms with Gasteiger partial charge in [-0.2, -0.15) is 0 Å². The first-order valence-electron chi connectivity index (χ1n) is 5.36. The van der Waals surface area contributed by atoms with Crippen molar-refractivity contribution in [2.24, 2.45) is 0 Å². The molecule has 0 aliphatic carbocycles. The van der Waals surface area contributed by atoms with Crippen molar-refractivity contribution in [3.8, 4) is 0 Å². The molecule has 8 heteroatoms. The van der Waals surface area contributed by atoms with Crippen LogP contribution >= 0.6 is 0 Å². The van der Waals surface area contributed by atoms with Gasteiger partial charge in [-0.15, -0.1) is 0 Å². The lowest BCUT2D eigenvalue weighted by atomic mass is 10.0. The van der Waals surface area contributed by atoms with Crippen LogP contribution in [0.3, 0.4) is 0 Å². The number of furan rings is 1. The third-order valence-electron chi connectivity index (χ3n) is 2.43. The highest BCUT2D eigenvalue weighted by atomic mass is 16.6. The van der Waals surface area contributed by atoms with Gasteiger partial charge < -0.3 is 29.6 Å². The van der Waals surface area contributed by atoms with E-state index in [1.54, 1.807) is 0 Å². The van der Waals surface area contributed by atoms with Crippen LogP contribution in [0.4, 0.5) is 0 Å². The van der Waals surface area contributed by atoms with Crippen molar-refractivity contribution in [2.45, 2.75) is 31.3 Å². The summed E-state index contributed by atoms with van der Waals surface area (Å²) < 4.78 is 8.98. The van der Waals surface area contributed by atoms with Crippen molar-refractivity contribution in [3.05, 3.63) is 24.2 Å². The molecule has 2 heterocycles. The van der Waals surface area contributed by atoms with E-state index in [1.807, 2.05) is 0 Å². The number of carboxylic acids is 1. The minimum atomic E-state index is -1.62. The molecular formula is C11H14O8. The Bertz CT molecular complexity index is 426. The van der Waals surface area contributed by atoms with Gasteiger partial charge in [0.2, 0.25) is 5.76 Å². The predicted molar refractivity (Wildman–Crippen MR) is 59.2 cm³/mol. The molecule has 1 aliphatic heterocycles. The lowest BCUT2D eigenvalue weighted by molar-refractivity contribution is -0.199. The molecule has 19 heavy (non-hydrogen) atoms. The average Bonchev–Trinajstić information content (AvgIpc) is 2.89. The van der Waals surface area contributed by atoms with Crippen molar-refractivity contribution in [1.29, 1.82) is 0 Å². The minimum absolute atomic E-state index is 0.0231. The number of carbonyl (C=O) groups is 2. The van der Waals surface area contributed by atoms with E-state index in [-0.39, 0.29) is 5.76 Å².